The maximum atomic E-state index is 13.3. The van der Waals surface area contributed by atoms with E-state index < -0.39 is 15.7 Å². The Kier molecular flexibility index (Phi) is 7.88. The average molecular weight is 491 g/mol. The van der Waals surface area contributed by atoms with Crippen LogP contribution in [0, 0.1) is 0 Å². The van der Waals surface area contributed by atoms with Gasteiger partial charge in [0.15, 0.2) is 0 Å². The molecule has 3 aromatic rings. The van der Waals surface area contributed by atoms with Gasteiger partial charge in [0.25, 0.3) is 0 Å². The number of benzene rings is 2. The van der Waals surface area contributed by atoms with E-state index in [2.05, 4.69) is 10.4 Å². The maximum absolute atomic E-state index is 13.3. The first-order chi connectivity index (χ1) is 15.8. The Morgan fingerprint density at radius 3 is 2.30 bits per heavy atom. The Balaban J connectivity index is 1.86. The zero-order valence-corrected chi connectivity index (χ0v) is 20.2. The Morgan fingerprint density at radius 2 is 1.73 bits per heavy atom. The number of nitrogen functional groups attached to an aromatic ring is 1. The molecule has 0 atom stereocenters. The number of rotatable bonds is 10. The molecule has 1 amide bonds. The third kappa shape index (κ3) is 5.60. The number of thioether (sulfide) groups is 1. The summed E-state index contributed by atoms with van der Waals surface area (Å²) < 4.78 is 38.3. The second kappa shape index (κ2) is 10.6. The summed E-state index contributed by atoms with van der Waals surface area (Å²) in [6.45, 7) is 4.07. The quantitative estimate of drug-likeness (QED) is 0.414. The summed E-state index contributed by atoms with van der Waals surface area (Å²) >= 11 is 1.24. The molecule has 2 aromatic carbocycles. The summed E-state index contributed by atoms with van der Waals surface area (Å²) in [5.41, 5.74) is 6.77. The summed E-state index contributed by atoms with van der Waals surface area (Å²) in [5.74, 6) is 1.33. The smallest absolute Gasteiger partial charge is 0.246 e. The van der Waals surface area contributed by atoms with Crippen LogP contribution in [-0.2, 0) is 21.2 Å². The van der Waals surface area contributed by atoms with Crippen LogP contribution in [0.3, 0.4) is 0 Å². The van der Waals surface area contributed by atoms with Crippen molar-refractivity contribution in [2.24, 2.45) is 0 Å². The lowest BCUT2D eigenvalue weighted by atomic mass is 10.3. The highest BCUT2D eigenvalue weighted by Crippen LogP contribution is 2.35. The molecule has 3 rings (SSSR count). The predicted molar refractivity (Wildman–Crippen MR) is 128 cm³/mol. The number of nitrogens with one attached hydrogen (secondary N) is 1. The van der Waals surface area contributed by atoms with Gasteiger partial charge in [-0.1, -0.05) is 6.92 Å². The van der Waals surface area contributed by atoms with Crippen LogP contribution in [-0.4, -0.2) is 43.6 Å². The third-order valence-electron chi connectivity index (χ3n) is 4.58. The minimum Gasteiger partial charge on any atom is -0.497 e. The number of amides is 1. The molecule has 0 aliphatic heterocycles. The number of methoxy groups -OCH3 is 1. The number of aromatic nitrogens is 2. The molecule has 1 heterocycles. The van der Waals surface area contributed by atoms with E-state index in [9.17, 15) is 13.2 Å². The second-order valence-corrected chi connectivity index (χ2v) is 9.93. The molecule has 3 N–H and O–H groups in total. The largest absolute Gasteiger partial charge is 0.497 e. The van der Waals surface area contributed by atoms with Crippen molar-refractivity contribution >= 4 is 39.0 Å². The number of nitrogens with two attached hydrogens (primary N) is 1. The van der Waals surface area contributed by atoms with Crippen LogP contribution >= 0.6 is 11.8 Å². The molecule has 0 saturated heterocycles. The van der Waals surface area contributed by atoms with Crippen molar-refractivity contribution < 1.29 is 22.7 Å². The van der Waals surface area contributed by atoms with Gasteiger partial charge >= 0.3 is 0 Å². The van der Waals surface area contributed by atoms with Crippen LogP contribution in [0.5, 0.6) is 11.5 Å². The molecule has 33 heavy (non-hydrogen) atoms. The molecule has 11 heteroatoms. The minimum absolute atomic E-state index is 0.0614. The number of sulfone groups is 1. The molecule has 0 radical (unpaired) electrons. The average Bonchev–Trinajstić information content (AvgIpc) is 3.10. The summed E-state index contributed by atoms with van der Waals surface area (Å²) in [6.07, 6.45) is 0. The van der Waals surface area contributed by atoms with Crippen molar-refractivity contribution in [3.8, 4) is 11.5 Å². The van der Waals surface area contributed by atoms with Gasteiger partial charge in [-0.05, 0) is 61.2 Å². The second-order valence-electron chi connectivity index (χ2n) is 6.79. The van der Waals surface area contributed by atoms with Crippen LogP contribution in [0.25, 0.3) is 0 Å². The van der Waals surface area contributed by atoms with E-state index in [1.165, 1.54) is 35.7 Å². The molecule has 0 unspecified atom stereocenters. The fraction of sp³-hybridized carbons (Fsp3) is 0.273. The summed E-state index contributed by atoms with van der Waals surface area (Å²) in [7, 11) is -2.46. The van der Waals surface area contributed by atoms with Gasteiger partial charge in [0.2, 0.25) is 15.7 Å². The van der Waals surface area contributed by atoms with E-state index in [1.54, 1.807) is 36.4 Å². The molecule has 9 nitrogen and oxygen atoms in total. The molecule has 1 aromatic heterocycles. The van der Waals surface area contributed by atoms with Crippen molar-refractivity contribution in [1.29, 1.82) is 0 Å². The molecule has 0 spiro atoms. The van der Waals surface area contributed by atoms with Gasteiger partial charge in [0.05, 0.1) is 18.6 Å². The highest BCUT2D eigenvalue weighted by atomic mass is 32.2. The Morgan fingerprint density at radius 1 is 1.09 bits per heavy atom. The van der Waals surface area contributed by atoms with E-state index in [0.717, 1.165) is 0 Å². The van der Waals surface area contributed by atoms with Crippen LogP contribution in [0.15, 0.2) is 63.3 Å². The molecule has 0 bridgehead atoms. The standard InChI is InChI=1S/C22H26N4O5S2/c1-4-31-17-8-6-15(7-9-17)24-19(27)14-26-21(23)20(22(25-26)32-5-2)33(28,29)18-12-10-16(30-3)11-13-18/h6-13H,4-5,14,23H2,1-3H3,(H,24,27). The van der Waals surface area contributed by atoms with Gasteiger partial charge in [-0.3, -0.25) is 4.79 Å². The zero-order valence-electron chi connectivity index (χ0n) is 18.6. The van der Waals surface area contributed by atoms with Crippen LogP contribution in [0.1, 0.15) is 13.8 Å². The number of ether oxygens (including phenoxy) is 2. The van der Waals surface area contributed by atoms with E-state index >= 15 is 0 Å². The highest BCUT2D eigenvalue weighted by molar-refractivity contribution is 8.00. The molecule has 0 aliphatic rings. The summed E-state index contributed by atoms with van der Waals surface area (Å²) in [5, 5.41) is 7.31. The number of carbonyl (C=O) groups is 1. The topological polar surface area (TPSA) is 126 Å². The molecule has 176 valence electrons. The Hall–Kier alpha value is -3.18. The van der Waals surface area contributed by atoms with E-state index in [-0.39, 0.29) is 27.2 Å². The van der Waals surface area contributed by atoms with Gasteiger partial charge in [-0.2, -0.15) is 5.10 Å². The number of hydrogen-bond acceptors (Lipinski definition) is 8. The van der Waals surface area contributed by atoms with Crippen LogP contribution in [0.4, 0.5) is 11.5 Å². The van der Waals surface area contributed by atoms with Gasteiger partial charge in [-0.25, -0.2) is 13.1 Å². The van der Waals surface area contributed by atoms with Crippen molar-refractivity contribution in [1.82, 2.24) is 9.78 Å². The Bertz CT molecular complexity index is 1210. The van der Waals surface area contributed by atoms with Gasteiger partial charge in [0.1, 0.15) is 33.8 Å². The van der Waals surface area contributed by atoms with Gasteiger partial charge in [0, 0.05) is 5.69 Å². The minimum atomic E-state index is -3.96. The van der Waals surface area contributed by atoms with Crippen molar-refractivity contribution in [2.45, 2.75) is 35.2 Å². The van der Waals surface area contributed by atoms with Crippen molar-refractivity contribution in [3.05, 3.63) is 48.5 Å². The molecule has 0 fully saturated rings. The fourth-order valence-electron chi connectivity index (χ4n) is 3.05. The van der Waals surface area contributed by atoms with E-state index in [0.29, 0.717) is 29.5 Å². The number of carbonyl (C=O) groups excluding carboxylic acids is 1. The Labute approximate surface area is 197 Å². The summed E-state index contributed by atoms with van der Waals surface area (Å²) in [4.78, 5) is 12.5. The van der Waals surface area contributed by atoms with Gasteiger partial charge < -0.3 is 20.5 Å². The third-order valence-corrected chi connectivity index (χ3v) is 7.39. The normalized spacial score (nSPS) is 11.2. The van der Waals surface area contributed by atoms with E-state index in [1.807, 2.05) is 13.8 Å². The lowest BCUT2D eigenvalue weighted by Crippen LogP contribution is -2.21. The predicted octanol–water partition coefficient (Wildman–Crippen LogP) is 3.46. The first kappa shape index (κ1) is 24.5. The fourth-order valence-corrected chi connectivity index (χ4v) is 5.60. The first-order valence-electron chi connectivity index (χ1n) is 10.2. The van der Waals surface area contributed by atoms with Crippen LogP contribution < -0.4 is 20.5 Å². The highest BCUT2D eigenvalue weighted by Gasteiger charge is 2.30. The molecule has 0 aliphatic carbocycles. The first-order valence-corrected chi connectivity index (χ1v) is 12.7. The summed E-state index contributed by atoms with van der Waals surface area (Å²) in [6, 6.07) is 12.9. The number of nitrogens with zero attached hydrogens (tertiary/aromatic N) is 2. The SMILES string of the molecule is CCOc1ccc(NC(=O)Cn2nc(SCC)c(S(=O)(=O)c3ccc(OC)cc3)c2N)cc1. The monoisotopic (exact) mass is 490 g/mol. The zero-order chi connectivity index (χ0) is 24.0. The number of anilines is 2. The molecule has 0 saturated carbocycles. The maximum Gasteiger partial charge on any atom is 0.246 e. The van der Waals surface area contributed by atoms with Crippen molar-refractivity contribution in [2.75, 3.05) is 30.5 Å². The lowest BCUT2D eigenvalue weighted by molar-refractivity contribution is -0.116. The van der Waals surface area contributed by atoms with Crippen molar-refractivity contribution in [3.63, 3.8) is 0 Å². The van der Waals surface area contributed by atoms with E-state index in [4.69, 9.17) is 15.2 Å². The molecular weight excluding hydrogens is 464 g/mol. The van der Waals surface area contributed by atoms with Crippen LogP contribution in [0.2, 0.25) is 0 Å². The number of hydrogen-bond donors (Lipinski definition) is 2. The lowest BCUT2D eigenvalue weighted by Gasteiger charge is -2.09. The van der Waals surface area contributed by atoms with Gasteiger partial charge in [-0.15, -0.1) is 11.8 Å². The molecular formula is C22H26N4O5S2.